The summed E-state index contributed by atoms with van der Waals surface area (Å²) in [5.41, 5.74) is 3.87. The van der Waals surface area contributed by atoms with Crippen LogP contribution in [-0.4, -0.2) is 11.8 Å². The molecule has 3 heteroatoms. The highest BCUT2D eigenvalue weighted by molar-refractivity contribution is 6.09. The molecule has 28 heavy (non-hydrogen) atoms. The van der Waals surface area contributed by atoms with Gasteiger partial charge in [0.05, 0.1) is 5.92 Å². The van der Waals surface area contributed by atoms with Crippen LogP contribution < -0.4 is 0 Å². The molecule has 3 nitrogen and oxygen atoms in total. The molecule has 0 aromatic heterocycles. The zero-order valence-electron chi connectivity index (χ0n) is 15.8. The van der Waals surface area contributed by atoms with Crippen molar-refractivity contribution in [2.24, 2.45) is 0 Å². The maximum Gasteiger partial charge on any atom is 0.313 e. The average molecular weight is 370 g/mol. The number of hydrogen-bond acceptors (Lipinski definition) is 3. The Morgan fingerprint density at radius 1 is 0.929 bits per heavy atom. The van der Waals surface area contributed by atoms with Gasteiger partial charge in [-0.05, 0) is 29.7 Å². The van der Waals surface area contributed by atoms with Crippen molar-refractivity contribution >= 4 is 17.8 Å². The van der Waals surface area contributed by atoms with Gasteiger partial charge in [0.1, 0.15) is 6.61 Å². The summed E-state index contributed by atoms with van der Waals surface area (Å²) in [4.78, 5) is 25.1. The fraction of sp³-hybridized carbons (Fsp3) is 0.120. The molecule has 0 heterocycles. The second-order valence-corrected chi connectivity index (χ2v) is 6.60. The van der Waals surface area contributed by atoms with Crippen molar-refractivity contribution in [3.8, 4) is 0 Å². The number of carbonyl (C=O) groups excluding carboxylic acids is 2. The lowest BCUT2D eigenvalue weighted by Gasteiger charge is -2.13. The van der Waals surface area contributed by atoms with E-state index in [2.05, 4.69) is 6.58 Å². The van der Waals surface area contributed by atoms with Crippen molar-refractivity contribution in [2.75, 3.05) is 0 Å². The largest absolute Gasteiger partial charge is 0.460 e. The van der Waals surface area contributed by atoms with Crippen LogP contribution in [0.4, 0.5) is 0 Å². The molecule has 1 unspecified atom stereocenters. The summed E-state index contributed by atoms with van der Waals surface area (Å²) >= 11 is 0. The van der Waals surface area contributed by atoms with Crippen molar-refractivity contribution in [1.29, 1.82) is 0 Å². The van der Waals surface area contributed by atoms with Crippen molar-refractivity contribution < 1.29 is 14.3 Å². The molecular weight excluding hydrogens is 348 g/mol. The molecule has 3 aromatic carbocycles. The number of ketones is 1. The second kappa shape index (κ2) is 8.96. The van der Waals surface area contributed by atoms with E-state index in [1.54, 1.807) is 43.3 Å². The maximum absolute atomic E-state index is 12.6. The van der Waals surface area contributed by atoms with Crippen LogP contribution in [0.2, 0.25) is 0 Å². The third-order valence-electron chi connectivity index (χ3n) is 4.63. The van der Waals surface area contributed by atoms with Crippen LogP contribution in [0.25, 0.3) is 6.08 Å². The number of carbonyl (C=O) groups is 2. The standard InChI is InChI=1S/C25H22O3/c1-3-19-12-14-20(15-13-19)17-28-25(27)18(2)22-10-7-11-23(16-22)24(26)21-8-5-4-6-9-21/h3-16,18H,1,17H2,2H3. The molecule has 3 rings (SSSR count). The summed E-state index contributed by atoms with van der Waals surface area (Å²) in [6.07, 6.45) is 1.77. The first-order valence-electron chi connectivity index (χ1n) is 9.16. The maximum atomic E-state index is 12.6. The summed E-state index contributed by atoms with van der Waals surface area (Å²) in [7, 11) is 0. The molecule has 0 saturated carbocycles. The summed E-state index contributed by atoms with van der Waals surface area (Å²) in [6.45, 7) is 5.72. The molecule has 140 valence electrons. The minimum absolute atomic E-state index is 0.0645. The molecule has 0 amide bonds. The van der Waals surface area contributed by atoms with Crippen molar-refractivity contribution in [3.63, 3.8) is 0 Å². The Balaban J connectivity index is 1.67. The fourth-order valence-corrected chi connectivity index (χ4v) is 2.87. The quantitative estimate of drug-likeness (QED) is 0.413. The molecule has 0 fully saturated rings. The van der Waals surface area contributed by atoms with Crippen LogP contribution in [0.5, 0.6) is 0 Å². The Morgan fingerprint density at radius 2 is 1.61 bits per heavy atom. The number of benzene rings is 3. The third kappa shape index (κ3) is 4.63. The van der Waals surface area contributed by atoms with Gasteiger partial charge < -0.3 is 4.74 Å². The second-order valence-electron chi connectivity index (χ2n) is 6.60. The molecule has 0 aliphatic carbocycles. The molecule has 3 aromatic rings. The summed E-state index contributed by atoms with van der Waals surface area (Å²) in [5, 5.41) is 0. The monoisotopic (exact) mass is 370 g/mol. The van der Waals surface area contributed by atoms with Crippen LogP contribution in [0.1, 0.15) is 45.5 Å². The van der Waals surface area contributed by atoms with Crippen LogP contribution in [-0.2, 0) is 16.1 Å². The van der Waals surface area contributed by atoms with Gasteiger partial charge in [0.2, 0.25) is 0 Å². The minimum Gasteiger partial charge on any atom is -0.460 e. The fourth-order valence-electron chi connectivity index (χ4n) is 2.87. The Morgan fingerprint density at radius 3 is 2.29 bits per heavy atom. The van der Waals surface area contributed by atoms with E-state index >= 15 is 0 Å². The van der Waals surface area contributed by atoms with Crippen LogP contribution >= 0.6 is 0 Å². The Kier molecular flexibility index (Phi) is 6.18. The van der Waals surface area contributed by atoms with Crippen molar-refractivity contribution in [3.05, 3.63) is 113 Å². The van der Waals surface area contributed by atoms with Crippen molar-refractivity contribution in [1.82, 2.24) is 0 Å². The van der Waals surface area contributed by atoms with Crippen LogP contribution in [0.15, 0.2) is 85.4 Å². The Hall–Kier alpha value is -3.46. The predicted molar refractivity (Wildman–Crippen MR) is 111 cm³/mol. The SMILES string of the molecule is C=Cc1ccc(COC(=O)C(C)c2cccc(C(=O)c3ccccc3)c2)cc1. The third-order valence-corrected chi connectivity index (χ3v) is 4.63. The lowest BCUT2D eigenvalue weighted by molar-refractivity contribution is -0.146. The molecule has 0 aliphatic rings. The lowest BCUT2D eigenvalue weighted by Crippen LogP contribution is -2.14. The zero-order valence-corrected chi connectivity index (χ0v) is 15.8. The van der Waals surface area contributed by atoms with Gasteiger partial charge in [0, 0.05) is 11.1 Å². The lowest BCUT2D eigenvalue weighted by atomic mass is 9.96. The minimum atomic E-state index is -0.462. The predicted octanol–water partition coefficient (Wildman–Crippen LogP) is 5.41. The van der Waals surface area contributed by atoms with Gasteiger partial charge in [-0.25, -0.2) is 0 Å². The number of ether oxygens (including phenoxy) is 1. The van der Waals surface area contributed by atoms with Crippen LogP contribution in [0, 0.1) is 0 Å². The molecule has 0 N–H and O–H groups in total. The highest BCUT2D eigenvalue weighted by Crippen LogP contribution is 2.21. The summed E-state index contributed by atoms with van der Waals surface area (Å²) in [5.74, 6) is -0.849. The smallest absolute Gasteiger partial charge is 0.313 e. The van der Waals surface area contributed by atoms with E-state index in [0.717, 1.165) is 16.7 Å². The first-order chi connectivity index (χ1) is 13.6. The molecule has 0 aliphatic heterocycles. The molecule has 0 saturated heterocycles. The van der Waals surface area contributed by atoms with Gasteiger partial charge in [-0.2, -0.15) is 0 Å². The van der Waals surface area contributed by atoms with Gasteiger partial charge in [-0.15, -0.1) is 0 Å². The summed E-state index contributed by atoms with van der Waals surface area (Å²) < 4.78 is 5.45. The molecule has 0 radical (unpaired) electrons. The topological polar surface area (TPSA) is 43.4 Å². The molecular formula is C25H22O3. The Bertz CT molecular complexity index is 972. The van der Waals surface area contributed by atoms with E-state index in [9.17, 15) is 9.59 Å². The van der Waals surface area contributed by atoms with E-state index in [-0.39, 0.29) is 18.4 Å². The van der Waals surface area contributed by atoms with E-state index < -0.39 is 5.92 Å². The zero-order chi connectivity index (χ0) is 19.9. The highest BCUT2D eigenvalue weighted by atomic mass is 16.5. The van der Waals surface area contributed by atoms with E-state index in [1.807, 2.05) is 48.5 Å². The van der Waals surface area contributed by atoms with Gasteiger partial charge in [0.15, 0.2) is 5.78 Å². The Labute approximate surface area is 165 Å². The van der Waals surface area contributed by atoms with Gasteiger partial charge in [0.25, 0.3) is 0 Å². The average Bonchev–Trinajstić information content (AvgIpc) is 2.77. The van der Waals surface area contributed by atoms with Gasteiger partial charge >= 0.3 is 5.97 Å². The van der Waals surface area contributed by atoms with Crippen LogP contribution in [0.3, 0.4) is 0 Å². The highest BCUT2D eigenvalue weighted by Gasteiger charge is 2.19. The number of rotatable bonds is 7. The number of esters is 1. The number of hydrogen-bond donors (Lipinski definition) is 0. The molecule has 0 bridgehead atoms. The first-order valence-corrected chi connectivity index (χ1v) is 9.16. The molecule has 1 atom stereocenters. The molecule has 0 spiro atoms. The normalized spacial score (nSPS) is 11.5. The summed E-state index contributed by atoms with van der Waals surface area (Å²) in [6, 6.07) is 23.9. The van der Waals surface area contributed by atoms with E-state index in [1.165, 1.54) is 0 Å². The van der Waals surface area contributed by atoms with Crippen molar-refractivity contribution in [2.45, 2.75) is 19.4 Å². The van der Waals surface area contributed by atoms with E-state index in [4.69, 9.17) is 4.74 Å². The van der Waals surface area contributed by atoms with E-state index in [0.29, 0.717) is 11.1 Å². The first kappa shape index (κ1) is 19.3. The van der Waals surface area contributed by atoms with Gasteiger partial charge in [-0.1, -0.05) is 85.5 Å². The van der Waals surface area contributed by atoms with Gasteiger partial charge in [-0.3, -0.25) is 9.59 Å².